The molecule has 0 aliphatic carbocycles. The number of hydrogen-bond acceptors (Lipinski definition) is 6. The molecule has 0 unspecified atom stereocenters. The SMILES string of the molecule is CC(C)(C)C(=O)[As](C(=O)C(C)(C)C)P([As](C(=O)C(C)(C)C)C(=O)C(C)(C)C)[As](C(=O)C(C)(C)C)C(=O)C(C)(C)C. The summed E-state index contributed by atoms with van der Waals surface area (Å²) in [6.45, 7) is 31.6. The van der Waals surface area contributed by atoms with Gasteiger partial charge in [-0.15, -0.1) is 0 Å². The molecule has 0 aromatic rings. The first kappa shape index (κ1) is 40.1. The molecule has 0 bridgehead atoms. The van der Waals surface area contributed by atoms with Gasteiger partial charge in [0.1, 0.15) is 0 Å². The second-order valence-corrected chi connectivity index (χ2v) is 53.3. The molecule has 0 aromatic heterocycles. The maximum atomic E-state index is 14.5. The quantitative estimate of drug-likeness (QED) is 0.200. The van der Waals surface area contributed by atoms with Crippen LogP contribution in [0.4, 0.5) is 0 Å². The fourth-order valence-electron chi connectivity index (χ4n) is 2.94. The van der Waals surface area contributed by atoms with Gasteiger partial charge >= 0.3 is 259 Å². The van der Waals surface area contributed by atoms with Gasteiger partial charge in [-0.25, -0.2) is 0 Å². The van der Waals surface area contributed by atoms with E-state index in [9.17, 15) is 28.8 Å². The van der Waals surface area contributed by atoms with Gasteiger partial charge in [-0.3, -0.25) is 0 Å². The first-order valence-electron chi connectivity index (χ1n) is 13.7. The number of rotatable bonds is 9. The number of carbonyl (C=O) groups excluding carboxylic acids is 6. The van der Waals surface area contributed by atoms with Gasteiger partial charge in [0.25, 0.3) is 0 Å². The molecule has 0 atom stereocenters. The van der Waals surface area contributed by atoms with Crippen LogP contribution >= 0.6 is 3.60 Å². The molecule has 6 nitrogen and oxygen atoms in total. The molecule has 40 heavy (non-hydrogen) atoms. The summed E-state index contributed by atoms with van der Waals surface area (Å²) in [6, 6.07) is 0. The van der Waals surface area contributed by atoms with Gasteiger partial charge in [0.15, 0.2) is 0 Å². The minimum atomic E-state index is -3.48. The van der Waals surface area contributed by atoms with Gasteiger partial charge in [0.05, 0.1) is 0 Å². The van der Waals surface area contributed by atoms with Crippen molar-refractivity contribution in [3.05, 3.63) is 0 Å². The van der Waals surface area contributed by atoms with Gasteiger partial charge in [-0.2, -0.15) is 0 Å². The van der Waals surface area contributed by atoms with Crippen LogP contribution in [-0.4, -0.2) is 70.0 Å². The molecule has 0 heterocycles. The molecular weight excluding hydrogens is 712 g/mol. The van der Waals surface area contributed by atoms with Crippen molar-refractivity contribution in [2.24, 2.45) is 32.5 Å². The molecule has 10 heteroatoms. The molecule has 0 fully saturated rings. The summed E-state index contributed by atoms with van der Waals surface area (Å²) in [4.78, 5) is 86.7. The summed E-state index contributed by atoms with van der Waals surface area (Å²) in [6.07, 6.45) is 0. The zero-order valence-electron chi connectivity index (χ0n) is 28.2. The third kappa shape index (κ3) is 10.1. The molecule has 0 aliphatic rings. The van der Waals surface area contributed by atoms with Crippen molar-refractivity contribution in [1.29, 1.82) is 0 Å². The van der Waals surface area contributed by atoms with Crippen LogP contribution in [0.25, 0.3) is 0 Å². The summed E-state index contributed by atoms with van der Waals surface area (Å²) in [5, 5.41) is 0. The Kier molecular flexibility index (Phi) is 13.0. The third-order valence-electron chi connectivity index (χ3n) is 5.54. The van der Waals surface area contributed by atoms with E-state index in [4.69, 9.17) is 0 Å². The van der Waals surface area contributed by atoms with E-state index in [2.05, 4.69) is 0 Å². The van der Waals surface area contributed by atoms with Crippen molar-refractivity contribution in [3.8, 4) is 0 Å². The van der Waals surface area contributed by atoms with E-state index in [0.29, 0.717) is 0 Å². The molecule has 0 rings (SSSR count). The summed E-state index contributed by atoms with van der Waals surface area (Å²) >= 11 is -10.5. The van der Waals surface area contributed by atoms with Gasteiger partial charge in [-0.1, -0.05) is 0 Å². The third-order valence-corrected chi connectivity index (χ3v) is 67.4. The second kappa shape index (κ2) is 13.0. The minimum absolute atomic E-state index is 0.239. The first-order valence-corrected chi connectivity index (χ1v) is 28.0. The summed E-state index contributed by atoms with van der Waals surface area (Å²) in [7, 11) is 0. The Hall–Kier alpha value is 0.125. The van der Waals surface area contributed by atoms with Crippen LogP contribution in [0.15, 0.2) is 0 Å². The van der Waals surface area contributed by atoms with Gasteiger partial charge in [0.2, 0.25) is 0 Å². The Balaban J connectivity index is 8.51. The van der Waals surface area contributed by atoms with Crippen LogP contribution in [0, 0.1) is 32.5 Å². The standard InChI is InChI=1S/C30H54As3O6P/c1-25(2,3)19(34)31(20(35)26(4,5)6)40(32(21(36)27(7,8)9)22(37)28(10,11)12)33(23(38)29(13,14)15)24(39)30(16,17)18/h1-18H3. The Morgan fingerprint density at radius 3 is 0.475 bits per heavy atom. The maximum absolute atomic E-state index is 14.5. The van der Waals surface area contributed by atoms with Crippen molar-refractivity contribution in [2.45, 2.75) is 125 Å². The Bertz CT molecular complexity index is 827. The average molecular weight is 766 g/mol. The molecule has 0 N–H and O–H groups in total. The van der Waals surface area contributed by atoms with E-state index in [0.717, 1.165) is 0 Å². The average Bonchev–Trinajstić information content (AvgIpc) is 2.69. The van der Waals surface area contributed by atoms with E-state index in [1.54, 1.807) is 125 Å². The Morgan fingerprint density at radius 1 is 0.300 bits per heavy atom. The number of carbonyl (C=O) groups is 6. The Morgan fingerprint density at radius 2 is 0.400 bits per heavy atom. The molecule has 0 saturated heterocycles. The molecular formula is C30H54As3O6P. The zero-order valence-corrected chi connectivity index (χ0v) is 34.8. The normalized spacial score (nSPS) is 14.2. The van der Waals surface area contributed by atoms with Crippen LogP contribution < -0.4 is 0 Å². The molecule has 0 spiro atoms. The summed E-state index contributed by atoms with van der Waals surface area (Å²) in [5.74, 6) is 0. The molecule has 230 valence electrons. The van der Waals surface area contributed by atoms with Crippen molar-refractivity contribution in [3.63, 3.8) is 0 Å². The fraction of sp³-hybridized carbons (Fsp3) is 0.800. The van der Waals surface area contributed by atoms with Gasteiger partial charge in [0, 0.05) is 0 Å². The van der Waals surface area contributed by atoms with Crippen molar-refractivity contribution in [1.82, 2.24) is 0 Å². The van der Waals surface area contributed by atoms with Crippen molar-refractivity contribution in [2.75, 3.05) is 0 Å². The van der Waals surface area contributed by atoms with Gasteiger partial charge in [-0.05, 0) is 0 Å². The molecule has 0 radical (unpaired) electrons. The first-order chi connectivity index (χ1) is 17.2. The molecule has 0 saturated carbocycles. The molecule has 0 aromatic carbocycles. The van der Waals surface area contributed by atoms with Crippen LogP contribution in [0.3, 0.4) is 0 Å². The van der Waals surface area contributed by atoms with E-state index >= 15 is 0 Å². The van der Waals surface area contributed by atoms with Crippen LogP contribution in [0.5, 0.6) is 0 Å². The summed E-state index contributed by atoms with van der Waals surface area (Å²) in [5.41, 5.74) is -5.54. The predicted octanol–water partition coefficient (Wildman–Crippen LogP) is 6.37. The van der Waals surface area contributed by atoms with E-state index in [1.165, 1.54) is 0 Å². The van der Waals surface area contributed by atoms with E-state index in [-0.39, 0.29) is 27.4 Å². The molecule has 0 amide bonds. The van der Waals surface area contributed by atoms with E-state index in [1.807, 2.05) is 0 Å². The summed E-state index contributed by atoms with van der Waals surface area (Å²) < 4.78 is -3.47. The van der Waals surface area contributed by atoms with Crippen molar-refractivity contribution < 1.29 is 28.8 Å². The predicted molar refractivity (Wildman–Crippen MR) is 171 cm³/mol. The van der Waals surface area contributed by atoms with Crippen LogP contribution in [-0.2, 0) is 28.8 Å². The van der Waals surface area contributed by atoms with Crippen LogP contribution in [0.1, 0.15) is 125 Å². The fourth-order valence-corrected chi connectivity index (χ4v) is 81.9. The van der Waals surface area contributed by atoms with Crippen molar-refractivity contribution >= 4 is 73.6 Å². The Labute approximate surface area is 258 Å². The second-order valence-electron chi connectivity index (χ2n) is 16.5. The topological polar surface area (TPSA) is 102 Å². The van der Waals surface area contributed by atoms with E-state index < -0.39 is 78.7 Å². The van der Waals surface area contributed by atoms with Crippen LogP contribution in [0.2, 0.25) is 0 Å². The van der Waals surface area contributed by atoms with Gasteiger partial charge < -0.3 is 0 Å². The zero-order chi connectivity index (χ0) is 32.8. The number of hydrogen-bond donors (Lipinski definition) is 0. The monoisotopic (exact) mass is 766 g/mol. The molecule has 0 aliphatic heterocycles.